The number of ether oxygens (including phenoxy) is 1. The number of para-hydroxylation sites is 1. The van der Waals surface area contributed by atoms with Crippen LogP contribution in [0.1, 0.15) is 33.6 Å². The van der Waals surface area contributed by atoms with Crippen LogP contribution in [-0.4, -0.2) is 29.6 Å². The van der Waals surface area contributed by atoms with Crippen LogP contribution in [0.4, 0.5) is 0 Å². The third-order valence-electron chi connectivity index (χ3n) is 3.09. The quantitative estimate of drug-likeness (QED) is 0.875. The van der Waals surface area contributed by atoms with E-state index in [1.807, 2.05) is 18.2 Å². The monoisotopic (exact) mass is 315 g/mol. The molecule has 5 nitrogen and oxygen atoms in total. The molecule has 0 saturated heterocycles. The first-order valence-electron chi connectivity index (χ1n) is 6.63. The number of carboxylic acid groups (broad SMARTS) is 1. The smallest absolute Gasteiger partial charge is 0.329 e. The SMILES string of the molecule is CCC(CC)(NC(C)=O)C(=O)O.COc1ccccc1Cl. The Bertz CT molecular complexity index is 472. The first-order chi connectivity index (χ1) is 9.82. The highest BCUT2D eigenvalue weighted by Gasteiger charge is 2.35. The van der Waals surface area contributed by atoms with Crippen molar-refractivity contribution in [3.8, 4) is 5.75 Å². The molecule has 118 valence electrons. The highest BCUT2D eigenvalue weighted by atomic mass is 35.5. The Morgan fingerprint density at radius 1 is 1.29 bits per heavy atom. The van der Waals surface area contributed by atoms with E-state index in [0.29, 0.717) is 17.9 Å². The molecule has 0 aliphatic carbocycles. The molecule has 0 unspecified atom stereocenters. The molecular weight excluding hydrogens is 294 g/mol. The average Bonchev–Trinajstić information content (AvgIpc) is 2.45. The Labute approximate surface area is 130 Å². The molecule has 6 heteroatoms. The van der Waals surface area contributed by atoms with Gasteiger partial charge in [0.25, 0.3) is 0 Å². The first kappa shape index (κ1) is 19.2. The van der Waals surface area contributed by atoms with Crippen molar-refractivity contribution in [2.24, 2.45) is 0 Å². The Morgan fingerprint density at radius 2 is 1.81 bits per heavy atom. The van der Waals surface area contributed by atoms with Gasteiger partial charge >= 0.3 is 5.97 Å². The predicted octanol–water partition coefficient (Wildman–Crippen LogP) is 3.11. The van der Waals surface area contributed by atoms with Crippen molar-refractivity contribution in [2.75, 3.05) is 7.11 Å². The van der Waals surface area contributed by atoms with E-state index < -0.39 is 11.5 Å². The number of halogens is 1. The number of carbonyl (C=O) groups is 2. The highest BCUT2D eigenvalue weighted by molar-refractivity contribution is 6.32. The van der Waals surface area contributed by atoms with E-state index in [-0.39, 0.29) is 5.91 Å². The van der Waals surface area contributed by atoms with Crippen LogP contribution in [0, 0.1) is 0 Å². The standard InChI is InChI=1S/C8H15NO3.C7H7ClO/c1-4-8(5-2,7(11)12)9-6(3)10;1-9-7-5-3-2-4-6(7)8/h4-5H2,1-3H3,(H,9,10)(H,11,12);2-5H,1H3. The van der Waals surface area contributed by atoms with Gasteiger partial charge in [0, 0.05) is 6.92 Å². The number of carboxylic acids is 1. The highest BCUT2D eigenvalue weighted by Crippen LogP contribution is 2.21. The molecule has 0 atom stereocenters. The second-order valence-corrected chi connectivity index (χ2v) is 4.82. The van der Waals surface area contributed by atoms with Gasteiger partial charge in [0.15, 0.2) is 0 Å². The molecule has 0 aliphatic heterocycles. The van der Waals surface area contributed by atoms with Gasteiger partial charge in [-0.05, 0) is 25.0 Å². The van der Waals surface area contributed by atoms with Gasteiger partial charge in [0.1, 0.15) is 11.3 Å². The van der Waals surface area contributed by atoms with E-state index in [4.69, 9.17) is 21.4 Å². The van der Waals surface area contributed by atoms with Crippen LogP contribution in [0.3, 0.4) is 0 Å². The summed E-state index contributed by atoms with van der Waals surface area (Å²) in [4.78, 5) is 21.5. The molecule has 21 heavy (non-hydrogen) atoms. The Balaban J connectivity index is 0.000000394. The van der Waals surface area contributed by atoms with Gasteiger partial charge in [-0.1, -0.05) is 37.6 Å². The lowest BCUT2D eigenvalue weighted by Crippen LogP contribution is -2.53. The van der Waals surface area contributed by atoms with Crippen LogP contribution in [0.25, 0.3) is 0 Å². The number of nitrogens with one attached hydrogen (secondary N) is 1. The predicted molar refractivity (Wildman–Crippen MR) is 82.8 cm³/mol. The maximum absolute atomic E-state index is 10.8. The average molecular weight is 316 g/mol. The minimum absolute atomic E-state index is 0.305. The lowest BCUT2D eigenvalue weighted by atomic mass is 9.93. The number of carbonyl (C=O) groups excluding carboxylic acids is 1. The van der Waals surface area contributed by atoms with E-state index in [9.17, 15) is 9.59 Å². The van der Waals surface area contributed by atoms with Crippen LogP contribution >= 0.6 is 11.6 Å². The molecule has 1 amide bonds. The number of amides is 1. The van der Waals surface area contributed by atoms with E-state index in [1.54, 1.807) is 27.0 Å². The molecule has 0 aromatic heterocycles. The molecule has 0 radical (unpaired) electrons. The zero-order chi connectivity index (χ0) is 16.5. The number of rotatable bonds is 5. The summed E-state index contributed by atoms with van der Waals surface area (Å²) in [7, 11) is 1.60. The number of hydrogen-bond acceptors (Lipinski definition) is 3. The van der Waals surface area contributed by atoms with Crippen molar-refractivity contribution in [1.82, 2.24) is 5.32 Å². The van der Waals surface area contributed by atoms with Crippen molar-refractivity contribution in [3.05, 3.63) is 29.3 Å². The van der Waals surface area contributed by atoms with Crippen LogP contribution in [0.15, 0.2) is 24.3 Å². The van der Waals surface area contributed by atoms with Gasteiger partial charge in [-0.15, -0.1) is 0 Å². The van der Waals surface area contributed by atoms with E-state index in [0.717, 1.165) is 5.75 Å². The van der Waals surface area contributed by atoms with E-state index in [1.165, 1.54) is 6.92 Å². The van der Waals surface area contributed by atoms with Crippen LogP contribution < -0.4 is 10.1 Å². The van der Waals surface area contributed by atoms with Gasteiger partial charge < -0.3 is 15.2 Å². The Kier molecular flexibility index (Phi) is 8.47. The molecule has 0 bridgehead atoms. The van der Waals surface area contributed by atoms with Crippen LogP contribution in [0.5, 0.6) is 5.75 Å². The largest absolute Gasteiger partial charge is 0.495 e. The normalized spacial score (nSPS) is 10.1. The summed E-state index contributed by atoms with van der Waals surface area (Å²) in [5.74, 6) is -0.553. The number of benzene rings is 1. The van der Waals surface area contributed by atoms with Gasteiger partial charge in [0.2, 0.25) is 5.91 Å². The Hall–Kier alpha value is -1.75. The van der Waals surface area contributed by atoms with Gasteiger partial charge in [-0.3, -0.25) is 4.79 Å². The van der Waals surface area contributed by atoms with Crippen molar-refractivity contribution >= 4 is 23.5 Å². The maximum Gasteiger partial charge on any atom is 0.329 e. The van der Waals surface area contributed by atoms with Gasteiger partial charge in [0.05, 0.1) is 12.1 Å². The summed E-state index contributed by atoms with van der Waals surface area (Å²) in [5.41, 5.74) is -1.08. The molecular formula is C15H22ClNO4. The van der Waals surface area contributed by atoms with Crippen molar-refractivity contribution < 1.29 is 19.4 Å². The molecule has 1 rings (SSSR count). The lowest BCUT2D eigenvalue weighted by molar-refractivity contribution is -0.147. The zero-order valence-corrected chi connectivity index (χ0v) is 13.5. The third-order valence-corrected chi connectivity index (χ3v) is 3.40. The molecule has 0 spiro atoms. The fourth-order valence-corrected chi connectivity index (χ4v) is 1.94. The van der Waals surface area contributed by atoms with Crippen LogP contribution in [0.2, 0.25) is 5.02 Å². The topological polar surface area (TPSA) is 75.6 Å². The molecule has 0 aliphatic rings. The van der Waals surface area contributed by atoms with Crippen molar-refractivity contribution in [3.63, 3.8) is 0 Å². The van der Waals surface area contributed by atoms with Gasteiger partial charge in [-0.2, -0.15) is 0 Å². The summed E-state index contributed by atoms with van der Waals surface area (Å²) in [6.07, 6.45) is 0.802. The molecule has 1 aromatic carbocycles. The minimum atomic E-state index is -1.08. The van der Waals surface area contributed by atoms with Crippen LogP contribution in [-0.2, 0) is 9.59 Å². The second kappa shape index (κ2) is 9.23. The summed E-state index contributed by atoms with van der Waals surface area (Å²) < 4.78 is 4.91. The molecule has 1 aromatic rings. The molecule has 0 heterocycles. The fraction of sp³-hybridized carbons (Fsp3) is 0.467. The lowest BCUT2D eigenvalue weighted by Gasteiger charge is -2.27. The van der Waals surface area contributed by atoms with Crippen molar-refractivity contribution in [2.45, 2.75) is 39.2 Å². The number of methoxy groups -OCH3 is 1. The van der Waals surface area contributed by atoms with E-state index in [2.05, 4.69) is 5.32 Å². The number of aliphatic carboxylic acids is 1. The second-order valence-electron chi connectivity index (χ2n) is 4.41. The van der Waals surface area contributed by atoms with Crippen molar-refractivity contribution in [1.29, 1.82) is 0 Å². The summed E-state index contributed by atoms with van der Waals surface area (Å²) in [6.45, 7) is 4.81. The third kappa shape index (κ3) is 6.04. The number of hydrogen-bond donors (Lipinski definition) is 2. The minimum Gasteiger partial charge on any atom is -0.495 e. The summed E-state index contributed by atoms with van der Waals surface area (Å²) in [5, 5.41) is 12.0. The van der Waals surface area contributed by atoms with E-state index >= 15 is 0 Å². The Morgan fingerprint density at radius 3 is 2.05 bits per heavy atom. The molecule has 0 saturated carbocycles. The first-order valence-corrected chi connectivity index (χ1v) is 7.01. The zero-order valence-electron chi connectivity index (χ0n) is 12.8. The van der Waals surface area contributed by atoms with Gasteiger partial charge in [-0.25, -0.2) is 4.79 Å². The maximum atomic E-state index is 10.8. The fourth-order valence-electron chi connectivity index (χ4n) is 1.73. The summed E-state index contributed by atoms with van der Waals surface area (Å²) in [6, 6.07) is 7.36. The summed E-state index contributed by atoms with van der Waals surface area (Å²) >= 11 is 5.70. The molecule has 2 N–H and O–H groups in total. The molecule has 0 fully saturated rings.